The Balaban J connectivity index is 1.58. The fourth-order valence-corrected chi connectivity index (χ4v) is 3.37. The van der Waals surface area contributed by atoms with Crippen molar-refractivity contribution >= 4 is 5.82 Å². The van der Waals surface area contributed by atoms with Gasteiger partial charge in [-0.1, -0.05) is 0 Å². The SMILES string of the molecule is Cc1ncc(-c2ccc(=O)n(-c3ccc(N[C@H]4CC[C@H](N)C4)nc3)c2)cn1. The average Bonchev–Trinajstić information content (AvgIpc) is 3.08. The van der Waals surface area contributed by atoms with Gasteiger partial charge in [0, 0.05) is 47.9 Å². The van der Waals surface area contributed by atoms with Gasteiger partial charge >= 0.3 is 0 Å². The molecule has 0 radical (unpaired) electrons. The van der Waals surface area contributed by atoms with Gasteiger partial charge in [-0.2, -0.15) is 0 Å². The van der Waals surface area contributed by atoms with Gasteiger partial charge in [0.15, 0.2) is 0 Å². The fourth-order valence-electron chi connectivity index (χ4n) is 3.37. The van der Waals surface area contributed by atoms with Crippen LogP contribution in [-0.2, 0) is 0 Å². The topological polar surface area (TPSA) is 98.7 Å². The van der Waals surface area contributed by atoms with Crippen molar-refractivity contribution in [1.82, 2.24) is 19.5 Å². The highest BCUT2D eigenvalue weighted by molar-refractivity contribution is 5.60. The number of rotatable bonds is 4. The highest BCUT2D eigenvalue weighted by Crippen LogP contribution is 2.22. The van der Waals surface area contributed by atoms with Crippen molar-refractivity contribution in [3.63, 3.8) is 0 Å². The standard InChI is InChI=1S/C20H22N6O/c1-13-22-9-15(10-23-13)14-2-7-20(27)26(12-14)18-5-6-19(24-11-18)25-17-4-3-16(21)8-17/h2,5-7,9-12,16-17H,3-4,8,21H2,1H3,(H,24,25)/t16-,17-/m0/s1. The summed E-state index contributed by atoms with van der Waals surface area (Å²) in [4.78, 5) is 25.2. The number of hydrogen-bond acceptors (Lipinski definition) is 6. The summed E-state index contributed by atoms with van der Waals surface area (Å²) in [5.74, 6) is 1.51. The van der Waals surface area contributed by atoms with Crippen LogP contribution in [0.4, 0.5) is 5.82 Å². The van der Waals surface area contributed by atoms with Crippen LogP contribution in [0.2, 0.25) is 0 Å². The van der Waals surface area contributed by atoms with Crippen LogP contribution in [0.5, 0.6) is 0 Å². The van der Waals surface area contributed by atoms with Crippen molar-refractivity contribution in [3.8, 4) is 16.8 Å². The summed E-state index contributed by atoms with van der Waals surface area (Å²) in [6, 6.07) is 7.74. The maximum absolute atomic E-state index is 12.3. The second-order valence-electron chi connectivity index (χ2n) is 6.96. The number of nitrogens with two attached hydrogens (primary N) is 1. The minimum atomic E-state index is -0.115. The molecule has 0 spiro atoms. The zero-order valence-electron chi connectivity index (χ0n) is 15.2. The van der Waals surface area contributed by atoms with E-state index in [0.29, 0.717) is 17.6 Å². The molecule has 138 valence electrons. The molecule has 0 saturated heterocycles. The van der Waals surface area contributed by atoms with Crippen LogP contribution in [-0.4, -0.2) is 31.6 Å². The van der Waals surface area contributed by atoms with Crippen molar-refractivity contribution in [2.75, 3.05) is 5.32 Å². The molecular formula is C20H22N6O. The van der Waals surface area contributed by atoms with E-state index in [1.54, 1.807) is 41.5 Å². The van der Waals surface area contributed by atoms with Crippen LogP contribution in [0.3, 0.4) is 0 Å². The molecule has 0 aliphatic heterocycles. The van der Waals surface area contributed by atoms with E-state index in [0.717, 1.165) is 36.2 Å². The average molecular weight is 362 g/mol. The second-order valence-corrected chi connectivity index (χ2v) is 6.96. The summed E-state index contributed by atoms with van der Waals surface area (Å²) in [7, 11) is 0. The van der Waals surface area contributed by atoms with Gasteiger partial charge in [0.2, 0.25) is 0 Å². The van der Waals surface area contributed by atoms with Crippen LogP contribution in [0.1, 0.15) is 25.1 Å². The number of nitrogens with zero attached hydrogens (tertiary/aromatic N) is 4. The lowest BCUT2D eigenvalue weighted by Gasteiger charge is -2.14. The van der Waals surface area contributed by atoms with E-state index in [4.69, 9.17) is 5.73 Å². The van der Waals surface area contributed by atoms with Crippen molar-refractivity contribution in [3.05, 3.63) is 65.2 Å². The normalized spacial score (nSPS) is 19.2. The lowest BCUT2D eigenvalue weighted by Crippen LogP contribution is -2.21. The van der Waals surface area contributed by atoms with E-state index in [9.17, 15) is 4.79 Å². The molecule has 2 atom stereocenters. The smallest absolute Gasteiger partial charge is 0.255 e. The highest BCUT2D eigenvalue weighted by atomic mass is 16.1. The predicted molar refractivity (Wildman–Crippen MR) is 105 cm³/mol. The molecule has 0 aromatic carbocycles. The van der Waals surface area contributed by atoms with Gasteiger partial charge in [-0.3, -0.25) is 9.36 Å². The molecule has 3 aromatic heterocycles. The van der Waals surface area contributed by atoms with Crippen molar-refractivity contribution in [2.24, 2.45) is 5.73 Å². The van der Waals surface area contributed by atoms with E-state index >= 15 is 0 Å². The highest BCUT2D eigenvalue weighted by Gasteiger charge is 2.21. The first-order valence-electron chi connectivity index (χ1n) is 9.09. The van der Waals surface area contributed by atoms with Crippen molar-refractivity contribution in [2.45, 2.75) is 38.3 Å². The molecule has 0 unspecified atom stereocenters. The summed E-state index contributed by atoms with van der Waals surface area (Å²) in [6.07, 6.45) is 10.1. The Bertz CT molecular complexity index is 981. The van der Waals surface area contributed by atoms with Crippen LogP contribution in [0, 0.1) is 6.92 Å². The number of hydrogen-bond donors (Lipinski definition) is 2. The molecule has 3 aromatic rings. The number of anilines is 1. The Hall–Kier alpha value is -3.06. The van der Waals surface area contributed by atoms with Crippen LogP contribution >= 0.6 is 0 Å². The van der Waals surface area contributed by atoms with E-state index in [-0.39, 0.29) is 11.6 Å². The molecule has 1 fully saturated rings. The summed E-state index contributed by atoms with van der Waals surface area (Å²) in [5.41, 5.74) is 8.29. The maximum Gasteiger partial charge on any atom is 0.255 e. The largest absolute Gasteiger partial charge is 0.367 e. The predicted octanol–water partition coefficient (Wildman–Crippen LogP) is 2.29. The van der Waals surface area contributed by atoms with Crippen molar-refractivity contribution < 1.29 is 0 Å². The molecule has 0 amide bonds. The molecule has 7 nitrogen and oxygen atoms in total. The first-order valence-corrected chi connectivity index (χ1v) is 9.09. The molecular weight excluding hydrogens is 340 g/mol. The monoisotopic (exact) mass is 362 g/mol. The first-order chi connectivity index (χ1) is 13.1. The molecule has 3 N–H and O–H groups in total. The van der Waals surface area contributed by atoms with Gasteiger partial charge < -0.3 is 11.1 Å². The van der Waals surface area contributed by atoms with Gasteiger partial charge in [0.25, 0.3) is 5.56 Å². The van der Waals surface area contributed by atoms with E-state index in [2.05, 4.69) is 20.3 Å². The lowest BCUT2D eigenvalue weighted by atomic mass is 10.1. The van der Waals surface area contributed by atoms with Crippen LogP contribution in [0.15, 0.2) is 53.8 Å². The Morgan fingerprint density at radius 2 is 1.85 bits per heavy atom. The molecule has 1 aliphatic carbocycles. The minimum Gasteiger partial charge on any atom is -0.367 e. The number of pyridine rings is 2. The van der Waals surface area contributed by atoms with Gasteiger partial charge in [0.05, 0.1) is 11.9 Å². The quantitative estimate of drug-likeness (QED) is 0.739. The molecule has 3 heterocycles. The summed E-state index contributed by atoms with van der Waals surface area (Å²) < 4.78 is 1.58. The number of aryl methyl sites for hydroxylation is 1. The molecule has 27 heavy (non-hydrogen) atoms. The molecule has 1 aliphatic rings. The third-order valence-corrected chi connectivity index (χ3v) is 4.88. The second kappa shape index (κ2) is 7.28. The van der Waals surface area contributed by atoms with E-state index in [1.165, 1.54) is 0 Å². The summed E-state index contributed by atoms with van der Waals surface area (Å²) in [5, 5.41) is 3.41. The van der Waals surface area contributed by atoms with Gasteiger partial charge in [-0.15, -0.1) is 0 Å². The number of aromatic nitrogens is 4. The first kappa shape index (κ1) is 17.4. The minimum absolute atomic E-state index is 0.115. The molecule has 4 rings (SSSR count). The lowest BCUT2D eigenvalue weighted by molar-refractivity contribution is 0.686. The van der Waals surface area contributed by atoms with Crippen LogP contribution < -0.4 is 16.6 Å². The van der Waals surface area contributed by atoms with E-state index in [1.807, 2.05) is 19.1 Å². The molecule has 7 heteroatoms. The van der Waals surface area contributed by atoms with Gasteiger partial charge in [-0.25, -0.2) is 15.0 Å². The zero-order valence-corrected chi connectivity index (χ0v) is 15.2. The summed E-state index contributed by atoms with van der Waals surface area (Å²) in [6.45, 7) is 1.84. The Kier molecular flexibility index (Phi) is 4.68. The van der Waals surface area contributed by atoms with Gasteiger partial charge in [0.1, 0.15) is 11.6 Å². The van der Waals surface area contributed by atoms with Crippen LogP contribution in [0.25, 0.3) is 16.8 Å². The van der Waals surface area contributed by atoms with Crippen molar-refractivity contribution in [1.29, 1.82) is 0 Å². The molecule has 1 saturated carbocycles. The Morgan fingerprint density at radius 1 is 1.04 bits per heavy atom. The third-order valence-electron chi connectivity index (χ3n) is 4.88. The number of nitrogens with one attached hydrogen (secondary N) is 1. The maximum atomic E-state index is 12.3. The Morgan fingerprint density at radius 3 is 2.52 bits per heavy atom. The fraction of sp³-hybridized carbons (Fsp3) is 0.300. The van der Waals surface area contributed by atoms with E-state index < -0.39 is 0 Å². The Labute approximate surface area is 157 Å². The summed E-state index contributed by atoms with van der Waals surface area (Å²) >= 11 is 0. The zero-order chi connectivity index (χ0) is 18.8. The third kappa shape index (κ3) is 3.88. The van der Waals surface area contributed by atoms with Gasteiger partial charge in [-0.05, 0) is 44.4 Å². The molecule has 0 bridgehead atoms.